The van der Waals surface area contributed by atoms with Gasteiger partial charge >= 0.3 is 5.69 Å². The van der Waals surface area contributed by atoms with Crippen molar-refractivity contribution in [2.45, 2.75) is 13.8 Å². The predicted molar refractivity (Wildman–Crippen MR) is 229 cm³/mol. The van der Waals surface area contributed by atoms with Crippen molar-refractivity contribution >= 4 is 93.6 Å². The van der Waals surface area contributed by atoms with E-state index in [1.165, 1.54) is 35.4 Å². The zero-order chi connectivity index (χ0) is 41.1. The number of benzene rings is 6. The molecule has 0 radical (unpaired) electrons. The van der Waals surface area contributed by atoms with Crippen LogP contribution in [0.4, 0.5) is 27.1 Å². The molecule has 0 fully saturated rings. The SMILES string of the molecule is Cc1ccc2nc(-c3ccc(NC(=O)c4ccc(Br)c([N+](=O)[O-])c4)cc3)sc2c1.Cc1ccc2nc(-c3ccc(NC(=O)c4ccc([18F])c([N+](=O)[O-])c4)cc3)sc2c1. The zero-order valence-corrected chi connectivity index (χ0v) is 33.6. The minimum absolute atomic E-state index is 0.00344. The van der Waals surface area contributed by atoms with Gasteiger partial charge in [0, 0.05) is 45.8 Å². The summed E-state index contributed by atoms with van der Waals surface area (Å²) in [5, 5.41) is 29.1. The van der Waals surface area contributed by atoms with Crippen LogP contribution in [0.25, 0.3) is 41.6 Å². The van der Waals surface area contributed by atoms with Crippen molar-refractivity contribution in [1.82, 2.24) is 9.97 Å². The second-order valence-electron chi connectivity index (χ2n) is 12.9. The smallest absolute Gasteiger partial charge is 0.305 e. The van der Waals surface area contributed by atoms with Crippen LogP contribution in [0, 0.1) is 39.9 Å². The molecule has 0 saturated carbocycles. The fourth-order valence-corrected chi connectivity index (χ4v) is 8.23. The Kier molecular flexibility index (Phi) is 11.4. The number of anilines is 2. The van der Waals surface area contributed by atoms with E-state index in [2.05, 4.69) is 55.6 Å². The topological polar surface area (TPSA) is 170 Å². The zero-order valence-electron chi connectivity index (χ0n) is 30.4. The van der Waals surface area contributed by atoms with Crippen LogP contribution < -0.4 is 10.6 Å². The Labute approximate surface area is 345 Å². The molecule has 288 valence electrons. The molecule has 8 aromatic rings. The summed E-state index contributed by atoms with van der Waals surface area (Å²) >= 11 is 6.32. The highest BCUT2D eigenvalue weighted by molar-refractivity contribution is 9.10. The van der Waals surface area contributed by atoms with Crippen molar-refractivity contribution < 1.29 is 23.8 Å². The average molecular weight is 875 g/mol. The van der Waals surface area contributed by atoms with E-state index in [4.69, 9.17) is 0 Å². The number of halogens is 2. The molecule has 0 saturated heterocycles. The first-order valence-corrected chi connectivity index (χ1v) is 19.7. The lowest BCUT2D eigenvalue weighted by Crippen LogP contribution is -2.12. The van der Waals surface area contributed by atoms with Gasteiger partial charge in [0.05, 0.1) is 34.8 Å². The monoisotopic (exact) mass is 873 g/mol. The number of hydrogen-bond donors (Lipinski definition) is 2. The number of carbonyl (C=O) groups is 2. The van der Waals surface area contributed by atoms with E-state index in [-0.39, 0.29) is 16.8 Å². The van der Waals surface area contributed by atoms with Crippen molar-refractivity contribution in [3.05, 3.63) is 174 Å². The van der Waals surface area contributed by atoms with Gasteiger partial charge in [0.2, 0.25) is 5.82 Å². The van der Waals surface area contributed by atoms with Crippen molar-refractivity contribution in [2.75, 3.05) is 10.6 Å². The third kappa shape index (κ3) is 8.94. The normalized spacial score (nSPS) is 10.8. The average Bonchev–Trinajstić information content (AvgIpc) is 3.83. The van der Waals surface area contributed by atoms with E-state index < -0.39 is 33.2 Å². The molecule has 2 heterocycles. The summed E-state index contributed by atoms with van der Waals surface area (Å²) in [7, 11) is 0. The number of nitrogens with zero attached hydrogens (tertiary/aromatic N) is 4. The van der Waals surface area contributed by atoms with E-state index in [0.717, 1.165) is 53.7 Å². The summed E-state index contributed by atoms with van der Waals surface area (Å²) in [5.41, 5.74) is 6.58. The van der Waals surface area contributed by atoms with Crippen molar-refractivity contribution in [2.24, 2.45) is 0 Å². The molecule has 2 aromatic heterocycles. The van der Waals surface area contributed by atoms with E-state index in [0.29, 0.717) is 15.8 Å². The number of nitro benzene ring substituents is 2. The maximum Gasteiger partial charge on any atom is 0.305 e. The Hall–Kier alpha value is -6.75. The molecule has 0 unspecified atom stereocenters. The Morgan fingerprint density at radius 3 is 1.48 bits per heavy atom. The molecule has 0 spiro atoms. The lowest BCUT2D eigenvalue weighted by atomic mass is 10.1. The number of fused-ring (bicyclic) bond motifs is 2. The molecule has 0 aliphatic rings. The molecule has 0 bridgehead atoms. The van der Waals surface area contributed by atoms with Gasteiger partial charge in [-0.1, -0.05) is 12.1 Å². The Bertz CT molecular complexity index is 2700. The van der Waals surface area contributed by atoms with Crippen LogP contribution in [-0.2, 0) is 0 Å². The summed E-state index contributed by atoms with van der Waals surface area (Å²) in [6.07, 6.45) is 0. The quantitative estimate of drug-likeness (QED) is 0.112. The first-order chi connectivity index (χ1) is 27.8. The highest BCUT2D eigenvalue weighted by Crippen LogP contribution is 2.33. The summed E-state index contributed by atoms with van der Waals surface area (Å²) in [5.74, 6) is -1.96. The summed E-state index contributed by atoms with van der Waals surface area (Å²) in [6, 6.07) is 34.1. The number of thiazole rings is 2. The van der Waals surface area contributed by atoms with Gasteiger partial charge in [-0.15, -0.1) is 22.7 Å². The van der Waals surface area contributed by atoms with Crippen LogP contribution in [0.5, 0.6) is 0 Å². The highest BCUT2D eigenvalue weighted by Gasteiger charge is 2.19. The second kappa shape index (κ2) is 16.8. The van der Waals surface area contributed by atoms with E-state index in [1.807, 2.05) is 55.5 Å². The number of amides is 2. The molecule has 0 aliphatic heterocycles. The molecule has 6 aromatic carbocycles. The number of nitrogens with one attached hydrogen (secondary N) is 2. The molecule has 0 aliphatic carbocycles. The number of rotatable bonds is 8. The lowest BCUT2D eigenvalue weighted by molar-refractivity contribution is -0.387. The Balaban J connectivity index is 0.000000177. The van der Waals surface area contributed by atoms with Crippen LogP contribution in [0.15, 0.2) is 126 Å². The summed E-state index contributed by atoms with van der Waals surface area (Å²) < 4.78 is 16.0. The predicted octanol–water partition coefficient (Wildman–Crippen LogP) is 11.8. The van der Waals surface area contributed by atoms with Crippen molar-refractivity contribution in [1.29, 1.82) is 0 Å². The molecular formula is C42H28BrFN6O6S2. The number of nitro groups is 2. The molecule has 2 N–H and O–H groups in total. The first kappa shape index (κ1) is 39.5. The highest BCUT2D eigenvalue weighted by atomic mass is 79.9. The molecular weight excluding hydrogens is 847 g/mol. The van der Waals surface area contributed by atoms with Crippen LogP contribution in [0.2, 0.25) is 0 Å². The van der Waals surface area contributed by atoms with Crippen molar-refractivity contribution in [3.63, 3.8) is 0 Å². The largest absolute Gasteiger partial charge is 0.322 e. The fraction of sp³-hybridized carbons (Fsp3) is 0.0476. The molecule has 12 nitrogen and oxygen atoms in total. The number of aryl methyl sites for hydroxylation is 2. The lowest BCUT2D eigenvalue weighted by Gasteiger charge is -2.06. The van der Waals surface area contributed by atoms with Gasteiger partial charge in [-0.25, -0.2) is 9.97 Å². The molecule has 8 rings (SSSR count). The van der Waals surface area contributed by atoms with Crippen LogP contribution in [0.3, 0.4) is 0 Å². The van der Waals surface area contributed by atoms with E-state index >= 15 is 0 Å². The minimum Gasteiger partial charge on any atom is -0.322 e. The minimum atomic E-state index is -0.984. The standard InChI is InChI=1S/C21H14BrN3O3S.C21H14FN3O3S/c2*1-12-2-9-17-19(10-12)29-21(24-17)13-3-6-15(7-4-13)23-20(26)14-5-8-16(22)18(11-14)25(27)28/h2*2-11H,1H3,(H,23,26)/i;22-1. The Morgan fingerprint density at radius 2 is 1.03 bits per heavy atom. The molecule has 16 heteroatoms. The van der Waals surface area contributed by atoms with Gasteiger partial charge in [0.25, 0.3) is 17.5 Å². The van der Waals surface area contributed by atoms with Gasteiger partial charge in [0.1, 0.15) is 10.0 Å². The van der Waals surface area contributed by atoms with Gasteiger partial charge in [-0.3, -0.25) is 29.8 Å². The van der Waals surface area contributed by atoms with Crippen molar-refractivity contribution in [3.8, 4) is 21.1 Å². The van der Waals surface area contributed by atoms with E-state index in [1.54, 1.807) is 46.9 Å². The first-order valence-electron chi connectivity index (χ1n) is 17.3. The van der Waals surface area contributed by atoms with Gasteiger partial charge in [-0.2, -0.15) is 4.39 Å². The number of carbonyl (C=O) groups excluding carboxylic acids is 2. The Morgan fingerprint density at radius 1 is 0.603 bits per heavy atom. The van der Waals surface area contributed by atoms with Crippen LogP contribution >= 0.6 is 38.6 Å². The summed E-state index contributed by atoms with van der Waals surface area (Å²) in [6.45, 7) is 4.09. The van der Waals surface area contributed by atoms with Crippen LogP contribution in [-0.4, -0.2) is 31.6 Å². The van der Waals surface area contributed by atoms with E-state index in [9.17, 15) is 34.2 Å². The number of aromatic nitrogens is 2. The van der Waals surface area contributed by atoms with Gasteiger partial charge < -0.3 is 10.6 Å². The second-order valence-corrected chi connectivity index (χ2v) is 15.8. The maximum atomic E-state index is 13.4. The molecule has 0 atom stereocenters. The van der Waals surface area contributed by atoms with Gasteiger partial charge in [-0.05, 0) is 138 Å². The molecule has 58 heavy (non-hydrogen) atoms. The number of hydrogen-bond acceptors (Lipinski definition) is 10. The van der Waals surface area contributed by atoms with Gasteiger partial charge in [0.15, 0.2) is 0 Å². The summed E-state index contributed by atoms with van der Waals surface area (Å²) in [4.78, 5) is 54.6. The molecule has 2 amide bonds. The third-order valence-electron chi connectivity index (χ3n) is 8.68. The third-order valence-corrected chi connectivity index (χ3v) is 11.5. The van der Waals surface area contributed by atoms with Crippen LogP contribution in [0.1, 0.15) is 31.8 Å². The maximum absolute atomic E-state index is 13.4. The fourth-order valence-electron chi connectivity index (χ4n) is 5.70.